The average molecular weight is 269 g/mol. The monoisotopic (exact) mass is 269 g/mol. The number of nitrogens with one attached hydrogen (secondary N) is 1. The molecule has 2 N–H and O–H groups in total. The molecule has 2 aromatic carbocycles. The molecule has 0 aliphatic rings. The van der Waals surface area contributed by atoms with Crippen LogP contribution in [0.1, 0.15) is 24.9 Å². The summed E-state index contributed by atoms with van der Waals surface area (Å²) in [6.45, 7) is 2.33. The van der Waals surface area contributed by atoms with Crippen molar-refractivity contribution in [2.24, 2.45) is 5.92 Å². The molecule has 0 fully saturated rings. The highest BCUT2D eigenvalue weighted by Gasteiger charge is 2.19. The van der Waals surface area contributed by atoms with Crippen molar-refractivity contribution in [3.05, 3.63) is 60.2 Å². The van der Waals surface area contributed by atoms with Crippen LogP contribution in [0.2, 0.25) is 0 Å². The maximum Gasteiger partial charge on any atom is 0.0477 e. The Labute approximate surface area is 121 Å². The topological polar surface area (TPSA) is 32.3 Å². The van der Waals surface area contributed by atoms with E-state index in [9.17, 15) is 5.11 Å². The fraction of sp³-hybridized carbons (Fsp3) is 0.333. The molecular weight excluding hydrogens is 246 g/mol. The standard InChI is InChI=1S/C18H23NO/c1-3-14(13-20)18(19-2)17-11-9-16(10-12-17)15-7-5-4-6-8-15/h4-12,14,18-20H,3,13H2,1-2H3. The smallest absolute Gasteiger partial charge is 0.0477 e. The Bertz CT molecular complexity index is 503. The van der Waals surface area contributed by atoms with Crippen LogP contribution in [-0.4, -0.2) is 18.8 Å². The third-order valence-electron chi connectivity index (χ3n) is 3.92. The molecule has 0 bridgehead atoms. The average Bonchev–Trinajstić information content (AvgIpc) is 2.53. The lowest BCUT2D eigenvalue weighted by molar-refractivity contribution is 0.189. The summed E-state index contributed by atoms with van der Waals surface area (Å²) >= 11 is 0. The molecule has 0 saturated carbocycles. The normalized spacial score (nSPS) is 13.9. The molecule has 2 atom stereocenters. The number of benzene rings is 2. The Balaban J connectivity index is 2.23. The molecule has 2 aromatic rings. The summed E-state index contributed by atoms with van der Waals surface area (Å²) in [5.41, 5.74) is 3.68. The van der Waals surface area contributed by atoms with Crippen molar-refractivity contribution in [3.63, 3.8) is 0 Å². The predicted molar refractivity (Wildman–Crippen MR) is 84.5 cm³/mol. The van der Waals surface area contributed by atoms with Crippen LogP contribution < -0.4 is 5.32 Å². The van der Waals surface area contributed by atoms with Crippen LogP contribution in [0.15, 0.2) is 54.6 Å². The predicted octanol–water partition coefficient (Wildman–Crippen LogP) is 3.63. The Kier molecular flexibility index (Phi) is 5.33. The second kappa shape index (κ2) is 7.22. The quantitative estimate of drug-likeness (QED) is 0.839. The molecule has 20 heavy (non-hydrogen) atoms. The lowest BCUT2D eigenvalue weighted by atomic mass is 9.90. The number of aliphatic hydroxyl groups excluding tert-OH is 1. The minimum Gasteiger partial charge on any atom is -0.396 e. The Hall–Kier alpha value is -1.64. The van der Waals surface area contributed by atoms with Crippen molar-refractivity contribution in [3.8, 4) is 11.1 Å². The SMILES string of the molecule is CCC(CO)C(NC)c1ccc(-c2ccccc2)cc1. The first-order valence-corrected chi connectivity index (χ1v) is 7.23. The molecule has 0 heterocycles. The van der Waals surface area contributed by atoms with Gasteiger partial charge >= 0.3 is 0 Å². The molecule has 0 aliphatic heterocycles. The largest absolute Gasteiger partial charge is 0.396 e. The van der Waals surface area contributed by atoms with E-state index in [2.05, 4.69) is 60.8 Å². The first-order chi connectivity index (χ1) is 9.80. The summed E-state index contributed by atoms with van der Waals surface area (Å²) in [7, 11) is 1.95. The van der Waals surface area contributed by atoms with E-state index in [-0.39, 0.29) is 18.6 Å². The number of rotatable bonds is 6. The highest BCUT2D eigenvalue weighted by atomic mass is 16.3. The minimum absolute atomic E-state index is 0.204. The number of aliphatic hydroxyl groups is 1. The summed E-state index contributed by atoms with van der Waals surface area (Å²) in [4.78, 5) is 0. The second-order valence-corrected chi connectivity index (χ2v) is 5.11. The van der Waals surface area contributed by atoms with Crippen molar-refractivity contribution in [1.29, 1.82) is 0 Å². The van der Waals surface area contributed by atoms with Gasteiger partial charge in [-0.1, -0.05) is 61.5 Å². The zero-order valence-electron chi connectivity index (χ0n) is 12.2. The van der Waals surface area contributed by atoms with Crippen molar-refractivity contribution >= 4 is 0 Å². The van der Waals surface area contributed by atoms with E-state index in [0.717, 1.165) is 6.42 Å². The van der Waals surface area contributed by atoms with E-state index < -0.39 is 0 Å². The van der Waals surface area contributed by atoms with Gasteiger partial charge in [-0.25, -0.2) is 0 Å². The van der Waals surface area contributed by atoms with Crippen molar-refractivity contribution in [1.82, 2.24) is 5.32 Å². The van der Waals surface area contributed by atoms with Gasteiger partial charge in [-0.2, -0.15) is 0 Å². The van der Waals surface area contributed by atoms with E-state index in [1.807, 2.05) is 13.1 Å². The van der Waals surface area contributed by atoms with Gasteiger partial charge in [-0.15, -0.1) is 0 Å². The molecule has 106 valence electrons. The van der Waals surface area contributed by atoms with Gasteiger partial charge in [0.05, 0.1) is 0 Å². The van der Waals surface area contributed by atoms with Crippen LogP contribution in [-0.2, 0) is 0 Å². The highest BCUT2D eigenvalue weighted by molar-refractivity contribution is 5.63. The van der Waals surface area contributed by atoms with Gasteiger partial charge in [0.2, 0.25) is 0 Å². The molecule has 0 saturated heterocycles. The minimum atomic E-state index is 0.204. The molecule has 0 radical (unpaired) electrons. The molecule has 2 heteroatoms. The van der Waals surface area contributed by atoms with Gasteiger partial charge in [0.25, 0.3) is 0 Å². The van der Waals surface area contributed by atoms with Crippen LogP contribution in [0.4, 0.5) is 0 Å². The van der Waals surface area contributed by atoms with Gasteiger partial charge < -0.3 is 10.4 Å². The van der Waals surface area contributed by atoms with Crippen LogP contribution in [0.5, 0.6) is 0 Å². The maximum absolute atomic E-state index is 9.48. The zero-order valence-corrected chi connectivity index (χ0v) is 12.2. The van der Waals surface area contributed by atoms with E-state index in [4.69, 9.17) is 0 Å². The van der Waals surface area contributed by atoms with Crippen molar-refractivity contribution in [2.45, 2.75) is 19.4 Å². The lowest BCUT2D eigenvalue weighted by Crippen LogP contribution is -2.27. The Morgan fingerprint density at radius 3 is 2.05 bits per heavy atom. The molecule has 0 aliphatic carbocycles. The maximum atomic E-state index is 9.48. The van der Waals surface area contributed by atoms with Gasteiger partial charge in [0.1, 0.15) is 0 Å². The first kappa shape index (κ1) is 14.8. The Morgan fingerprint density at radius 2 is 1.55 bits per heavy atom. The summed E-state index contributed by atoms with van der Waals surface area (Å²) in [5, 5.41) is 12.8. The van der Waals surface area contributed by atoms with Gasteiger partial charge in [-0.05, 0) is 30.2 Å². The van der Waals surface area contributed by atoms with Crippen LogP contribution in [0.25, 0.3) is 11.1 Å². The zero-order chi connectivity index (χ0) is 14.4. The second-order valence-electron chi connectivity index (χ2n) is 5.11. The van der Waals surface area contributed by atoms with E-state index in [1.54, 1.807) is 0 Å². The summed E-state index contributed by atoms with van der Waals surface area (Å²) < 4.78 is 0. The van der Waals surface area contributed by atoms with E-state index >= 15 is 0 Å². The van der Waals surface area contributed by atoms with E-state index in [1.165, 1.54) is 16.7 Å². The van der Waals surface area contributed by atoms with Gasteiger partial charge in [0, 0.05) is 18.6 Å². The van der Waals surface area contributed by atoms with E-state index in [0.29, 0.717) is 0 Å². The summed E-state index contributed by atoms with van der Waals surface area (Å²) in [5.74, 6) is 0.252. The first-order valence-electron chi connectivity index (χ1n) is 7.23. The molecule has 2 nitrogen and oxygen atoms in total. The Morgan fingerprint density at radius 1 is 0.950 bits per heavy atom. The number of hydrogen-bond donors (Lipinski definition) is 2. The molecule has 0 aromatic heterocycles. The molecule has 2 unspecified atom stereocenters. The number of hydrogen-bond acceptors (Lipinski definition) is 2. The van der Waals surface area contributed by atoms with Gasteiger partial charge in [0.15, 0.2) is 0 Å². The van der Waals surface area contributed by atoms with Crippen LogP contribution >= 0.6 is 0 Å². The van der Waals surface area contributed by atoms with Crippen LogP contribution in [0, 0.1) is 5.92 Å². The lowest BCUT2D eigenvalue weighted by Gasteiger charge is -2.24. The van der Waals surface area contributed by atoms with Crippen molar-refractivity contribution < 1.29 is 5.11 Å². The fourth-order valence-corrected chi connectivity index (χ4v) is 2.66. The molecule has 2 rings (SSSR count). The van der Waals surface area contributed by atoms with Crippen molar-refractivity contribution in [2.75, 3.05) is 13.7 Å². The highest BCUT2D eigenvalue weighted by Crippen LogP contribution is 2.27. The van der Waals surface area contributed by atoms with Gasteiger partial charge in [-0.3, -0.25) is 0 Å². The van der Waals surface area contributed by atoms with Crippen LogP contribution in [0.3, 0.4) is 0 Å². The molecule has 0 spiro atoms. The summed E-state index contributed by atoms with van der Waals surface area (Å²) in [6, 6.07) is 19.2. The third kappa shape index (κ3) is 3.27. The fourth-order valence-electron chi connectivity index (χ4n) is 2.66. The molecule has 0 amide bonds. The molecular formula is C18H23NO. The summed E-state index contributed by atoms with van der Waals surface area (Å²) in [6.07, 6.45) is 0.961. The third-order valence-corrected chi connectivity index (χ3v) is 3.92.